The third-order valence-electron chi connectivity index (χ3n) is 4.16. The SMILES string of the molecule is CC(OC(=O)c1cccnc1-c1csc2ccncc12)C(C)(C)C. The molecule has 0 saturated carbocycles. The molecule has 0 aromatic carbocycles. The van der Waals surface area contributed by atoms with Crippen molar-refractivity contribution in [2.24, 2.45) is 5.41 Å². The van der Waals surface area contributed by atoms with Crippen LogP contribution in [0.1, 0.15) is 38.1 Å². The van der Waals surface area contributed by atoms with Crippen molar-refractivity contribution in [3.63, 3.8) is 0 Å². The minimum atomic E-state index is -0.344. The number of esters is 1. The molecule has 0 N–H and O–H groups in total. The van der Waals surface area contributed by atoms with Crippen molar-refractivity contribution in [3.8, 4) is 11.3 Å². The number of hydrogen-bond acceptors (Lipinski definition) is 5. The average Bonchev–Trinajstić information content (AvgIpc) is 2.97. The normalized spacial score (nSPS) is 13.0. The molecule has 1 unspecified atom stereocenters. The van der Waals surface area contributed by atoms with Gasteiger partial charge in [-0.15, -0.1) is 11.3 Å². The molecule has 0 amide bonds. The Hall–Kier alpha value is -2.27. The summed E-state index contributed by atoms with van der Waals surface area (Å²) in [7, 11) is 0. The summed E-state index contributed by atoms with van der Waals surface area (Å²) < 4.78 is 6.78. The van der Waals surface area contributed by atoms with Gasteiger partial charge in [0.2, 0.25) is 0 Å². The first-order chi connectivity index (χ1) is 11.4. The standard InChI is InChI=1S/C19H20N2O2S/c1-12(19(2,3)4)23-18(22)13-6-5-8-21-17(13)15-11-24-16-7-9-20-10-14(15)16/h5-12H,1-4H3. The number of aromatic nitrogens is 2. The molecule has 3 rings (SSSR count). The average molecular weight is 340 g/mol. The first-order valence-electron chi connectivity index (χ1n) is 7.85. The van der Waals surface area contributed by atoms with E-state index in [0.717, 1.165) is 15.6 Å². The van der Waals surface area contributed by atoms with Crippen LogP contribution in [0.3, 0.4) is 0 Å². The molecule has 0 spiro atoms. The summed E-state index contributed by atoms with van der Waals surface area (Å²) in [5.41, 5.74) is 1.93. The van der Waals surface area contributed by atoms with Crippen molar-refractivity contribution in [2.75, 3.05) is 0 Å². The van der Waals surface area contributed by atoms with Gasteiger partial charge in [0.15, 0.2) is 0 Å². The highest BCUT2D eigenvalue weighted by Gasteiger charge is 2.26. The number of carbonyl (C=O) groups is 1. The molecule has 0 bridgehead atoms. The van der Waals surface area contributed by atoms with Gasteiger partial charge in [-0.05, 0) is 30.5 Å². The van der Waals surface area contributed by atoms with Crippen LogP contribution in [0.15, 0.2) is 42.2 Å². The van der Waals surface area contributed by atoms with Crippen LogP contribution in [0.2, 0.25) is 0 Å². The molecule has 4 nitrogen and oxygen atoms in total. The molecule has 3 heterocycles. The molecular formula is C19H20N2O2S. The van der Waals surface area contributed by atoms with Crippen molar-refractivity contribution in [3.05, 3.63) is 47.7 Å². The van der Waals surface area contributed by atoms with Gasteiger partial charge < -0.3 is 4.74 Å². The van der Waals surface area contributed by atoms with Crippen LogP contribution in [-0.2, 0) is 4.74 Å². The second kappa shape index (κ2) is 6.32. The van der Waals surface area contributed by atoms with Crippen LogP contribution in [0.4, 0.5) is 0 Å². The van der Waals surface area contributed by atoms with Gasteiger partial charge in [-0.25, -0.2) is 4.79 Å². The molecule has 5 heteroatoms. The van der Waals surface area contributed by atoms with Crippen LogP contribution in [0.25, 0.3) is 21.3 Å². The molecule has 24 heavy (non-hydrogen) atoms. The molecule has 0 aliphatic carbocycles. The van der Waals surface area contributed by atoms with Crippen LogP contribution in [-0.4, -0.2) is 22.0 Å². The predicted molar refractivity (Wildman–Crippen MR) is 97.2 cm³/mol. The van der Waals surface area contributed by atoms with Gasteiger partial charge in [-0.3, -0.25) is 9.97 Å². The second-order valence-electron chi connectivity index (χ2n) is 6.83. The first kappa shape index (κ1) is 16.6. The fraction of sp³-hybridized carbons (Fsp3) is 0.316. The van der Waals surface area contributed by atoms with E-state index in [4.69, 9.17) is 4.74 Å². The van der Waals surface area contributed by atoms with E-state index in [1.54, 1.807) is 35.9 Å². The lowest BCUT2D eigenvalue weighted by atomic mass is 9.90. The number of pyridine rings is 2. The number of hydrogen-bond donors (Lipinski definition) is 0. The minimum Gasteiger partial charge on any atom is -0.458 e. The Morgan fingerprint density at radius 1 is 1.25 bits per heavy atom. The van der Waals surface area contributed by atoms with Gasteiger partial charge in [0.1, 0.15) is 6.10 Å². The van der Waals surface area contributed by atoms with E-state index in [1.807, 2.05) is 45.3 Å². The number of thiophene rings is 1. The molecule has 0 saturated heterocycles. The van der Waals surface area contributed by atoms with Gasteiger partial charge in [0.05, 0.1) is 11.3 Å². The van der Waals surface area contributed by atoms with E-state index in [2.05, 4.69) is 9.97 Å². The molecule has 3 aromatic rings. The third-order valence-corrected chi connectivity index (χ3v) is 5.12. The Morgan fingerprint density at radius 2 is 2.04 bits per heavy atom. The minimum absolute atomic E-state index is 0.114. The number of carbonyl (C=O) groups excluding carboxylic acids is 1. The van der Waals surface area contributed by atoms with Gasteiger partial charge >= 0.3 is 5.97 Å². The number of ether oxygens (including phenoxy) is 1. The zero-order chi connectivity index (χ0) is 17.3. The molecule has 0 fully saturated rings. The van der Waals surface area contributed by atoms with E-state index < -0.39 is 0 Å². The highest BCUT2D eigenvalue weighted by molar-refractivity contribution is 7.17. The Labute approximate surface area is 145 Å². The predicted octanol–water partition coefficient (Wildman–Crippen LogP) is 4.95. The lowest BCUT2D eigenvalue weighted by molar-refractivity contribution is 0.00485. The smallest absolute Gasteiger partial charge is 0.340 e. The first-order valence-corrected chi connectivity index (χ1v) is 8.73. The maximum Gasteiger partial charge on any atom is 0.340 e. The summed E-state index contributed by atoms with van der Waals surface area (Å²) in [6.07, 6.45) is 5.07. The monoisotopic (exact) mass is 340 g/mol. The van der Waals surface area contributed by atoms with Crippen molar-refractivity contribution in [1.82, 2.24) is 9.97 Å². The van der Waals surface area contributed by atoms with Crippen LogP contribution >= 0.6 is 11.3 Å². The van der Waals surface area contributed by atoms with Crippen LogP contribution in [0, 0.1) is 5.41 Å². The van der Waals surface area contributed by atoms with Crippen LogP contribution in [0.5, 0.6) is 0 Å². The number of fused-ring (bicyclic) bond motifs is 1. The Kier molecular flexibility index (Phi) is 4.37. The van der Waals surface area contributed by atoms with Gasteiger partial charge in [-0.2, -0.15) is 0 Å². The van der Waals surface area contributed by atoms with Gasteiger partial charge in [-0.1, -0.05) is 20.8 Å². The van der Waals surface area contributed by atoms with Gasteiger partial charge in [0.25, 0.3) is 0 Å². The Bertz CT molecular complexity index is 880. The van der Waals surface area contributed by atoms with E-state index in [0.29, 0.717) is 11.3 Å². The number of nitrogens with zero attached hydrogens (tertiary/aromatic N) is 2. The zero-order valence-corrected chi connectivity index (χ0v) is 15.1. The summed E-state index contributed by atoms with van der Waals surface area (Å²) in [5, 5.41) is 3.01. The van der Waals surface area contributed by atoms with Gasteiger partial charge in [0, 0.05) is 39.6 Å². The molecule has 124 valence electrons. The molecule has 0 aliphatic rings. The maximum absolute atomic E-state index is 12.7. The largest absolute Gasteiger partial charge is 0.458 e. The molecular weight excluding hydrogens is 320 g/mol. The third kappa shape index (κ3) is 3.17. The zero-order valence-electron chi connectivity index (χ0n) is 14.2. The Morgan fingerprint density at radius 3 is 2.79 bits per heavy atom. The van der Waals surface area contributed by atoms with E-state index in [1.165, 1.54) is 0 Å². The van der Waals surface area contributed by atoms with Crippen molar-refractivity contribution < 1.29 is 9.53 Å². The summed E-state index contributed by atoms with van der Waals surface area (Å²) in [5.74, 6) is -0.344. The maximum atomic E-state index is 12.7. The van der Waals surface area contributed by atoms with E-state index >= 15 is 0 Å². The van der Waals surface area contributed by atoms with Crippen LogP contribution < -0.4 is 0 Å². The topological polar surface area (TPSA) is 52.1 Å². The molecule has 1 atom stereocenters. The molecule has 0 aliphatic heterocycles. The summed E-state index contributed by atoms with van der Waals surface area (Å²) in [6, 6.07) is 5.49. The van der Waals surface area contributed by atoms with E-state index in [9.17, 15) is 4.79 Å². The fourth-order valence-electron chi connectivity index (χ4n) is 2.24. The summed E-state index contributed by atoms with van der Waals surface area (Å²) in [6.45, 7) is 8.06. The highest BCUT2D eigenvalue weighted by atomic mass is 32.1. The second-order valence-corrected chi connectivity index (χ2v) is 7.75. The van der Waals surface area contributed by atoms with E-state index in [-0.39, 0.29) is 17.5 Å². The number of rotatable bonds is 3. The molecule has 3 aromatic heterocycles. The Balaban J connectivity index is 2.01. The highest BCUT2D eigenvalue weighted by Crippen LogP contribution is 2.34. The van der Waals surface area contributed by atoms with Crippen molar-refractivity contribution >= 4 is 27.4 Å². The quantitative estimate of drug-likeness (QED) is 0.633. The van der Waals surface area contributed by atoms with Crippen molar-refractivity contribution in [1.29, 1.82) is 0 Å². The lowest BCUT2D eigenvalue weighted by Crippen LogP contribution is -2.29. The molecule has 0 radical (unpaired) electrons. The fourth-order valence-corrected chi connectivity index (χ4v) is 3.15. The summed E-state index contributed by atoms with van der Waals surface area (Å²) >= 11 is 1.62. The summed E-state index contributed by atoms with van der Waals surface area (Å²) in [4.78, 5) is 21.3. The van der Waals surface area contributed by atoms with Crippen molar-refractivity contribution in [2.45, 2.75) is 33.8 Å². The lowest BCUT2D eigenvalue weighted by Gasteiger charge is -2.27.